The maximum absolute atomic E-state index is 13.3. The van der Waals surface area contributed by atoms with Crippen molar-refractivity contribution < 1.29 is 24.5 Å². The summed E-state index contributed by atoms with van der Waals surface area (Å²) in [6.45, 7) is 6.09. The molecule has 0 aliphatic carbocycles. The first-order chi connectivity index (χ1) is 12.7. The number of carboxylic acids is 1. The number of rotatable bonds is 8. The summed E-state index contributed by atoms with van der Waals surface area (Å²) in [6.07, 6.45) is 2.77. The Hall–Kier alpha value is -2.44. The fourth-order valence-corrected chi connectivity index (χ4v) is 3.10. The van der Waals surface area contributed by atoms with Crippen molar-refractivity contribution in [1.29, 1.82) is 0 Å². The molecule has 27 heavy (non-hydrogen) atoms. The van der Waals surface area contributed by atoms with Gasteiger partial charge >= 0.3 is 5.97 Å². The minimum Gasteiger partial charge on any atom is -0.481 e. The number of aliphatic hydroxyl groups excluding tert-OH is 2. The summed E-state index contributed by atoms with van der Waals surface area (Å²) in [6, 6.07) is 6.45. The summed E-state index contributed by atoms with van der Waals surface area (Å²) >= 11 is 0. The third kappa shape index (κ3) is 5.52. The maximum atomic E-state index is 13.3. The van der Waals surface area contributed by atoms with E-state index in [1.165, 1.54) is 12.1 Å². The third-order valence-corrected chi connectivity index (χ3v) is 4.46. The number of hydrogen-bond acceptors (Lipinski definition) is 3. The zero-order valence-corrected chi connectivity index (χ0v) is 15.8. The van der Waals surface area contributed by atoms with Gasteiger partial charge in [-0.15, -0.1) is 0 Å². The number of halogens is 1. The van der Waals surface area contributed by atoms with Gasteiger partial charge < -0.3 is 19.9 Å². The number of carbonyl (C=O) groups is 1. The van der Waals surface area contributed by atoms with Crippen molar-refractivity contribution in [2.24, 2.45) is 0 Å². The minimum atomic E-state index is -1.11. The predicted octanol–water partition coefficient (Wildman–Crippen LogP) is 3.78. The molecule has 2 rings (SSSR count). The molecule has 0 amide bonds. The molecule has 2 atom stereocenters. The van der Waals surface area contributed by atoms with Crippen LogP contribution in [0.1, 0.15) is 44.0 Å². The van der Waals surface area contributed by atoms with Gasteiger partial charge in [0.15, 0.2) is 0 Å². The van der Waals surface area contributed by atoms with Crippen LogP contribution in [0.3, 0.4) is 0 Å². The number of carboxylic acid groups (broad SMARTS) is 1. The van der Waals surface area contributed by atoms with Crippen molar-refractivity contribution in [3.63, 3.8) is 0 Å². The quantitative estimate of drug-likeness (QED) is 0.656. The van der Waals surface area contributed by atoms with E-state index in [1.54, 1.807) is 24.3 Å². The van der Waals surface area contributed by atoms with E-state index in [0.717, 1.165) is 22.4 Å². The Balaban J connectivity index is 2.31. The molecule has 1 aromatic carbocycles. The van der Waals surface area contributed by atoms with Gasteiger partial charge in [-0.2, -0.15) is 0 Å². The lowest BCUT2D eigenvalue weighted by molar-refractivity contribution is -0.139. The highest BCUT2D eigenvalue weighted by Crippen LogP contribution is 2.31. The van der Waals surface area contributed by atoms with E-state index in [1.807, 2.05) is 13.1 Å². The molecular weight excluding hydrogens is 349 g/mol. The SMILES string of the molecule is Cc1c(/C=C/[C@@H](O)C[C@@H](O)CC(=O)O)c(-c2ccc(F)cc2)cn1C(C)C. The Morgan fingerprint density at radius 1 is 1.22 bits per heavy atom. The lowest BCUT2D eigenvalue weighted by atomic mass is 10.0. The van der Waals surface area contributed by atoms with Gasteiger partial charge in [0.2, 0.25) is 0 Å². The fourth-order valence-electron chi connectivity index (χ4n) is 3.10. The van der Waals surface area contributed by atoms with Crippen LogP contribution in [0.5, 0.6) is 0 Å². The molecular formula is C21H26FNO4. The molecule has 0 fully saturated rings. The van der Waals surface area contributed by atoms with Gasteiger partial charge in [0.1, 0.15) is 5.82 Å². The monoisotopic (exact) mass is 375 g/mol. The molecule has 1 heterocycles. The van der Waals surface area contributed by atoms with E-state index in [2.05, 4.69) is 18.4 Å². The lowest BCUT2D eigenvalue weighted by Crippen LogP contribution is -2.19. The first-order valence-corrected chi connectivity index (χ1v) is 8.92. The molecule has 146 valence electrons. The number of hydrogen-bond donors (Lipinski definition) is 3. The predicted molar refractivity (Wildman–Crippen MR) is 103 cm³/mol. The highest BCUT2D eigenvalue weighted by molar-refractivity contribution is 5.77. The van der Waals surface area contributed by atoms with Crippen molar-refractivity contribution in [2.45, 2.75) is 51.9 Å². The van der Waals surface area contributed by atoms with Crippen LogP contribution in [-0.4, -0.2) is 38.1 Å². The Labute approximate surface area is 158 Å². The van der Waals surface area contributed by atoms with Crippen LogP contribution in [0.2, 0.25) is 0 Å². The van der Waals surface area contributed by atoms with Crippen molar-refractivity contribution in [1.82, 2.24) is 4.57 Å². The highest BCUT2D eigenvalue weighted by Gasteiger charge is 2.16. The van der Waals surface area contributed by atoms with E-state index in [0.29, 0.717) is 0 Å². The zero-order chi connectivity index (χ0) is 20.1. The number of nitrogens with zero attached hydrogens (tertiary/aromatic N) is 1. The topological polar surface area (TPSA) is 82.7 Å². The Bertz CT molecular complexity index is 808. The molecule has 0 aliphatic rings. The molecule has 1 aromatic heterocycles. The van der Waals surface area contributed by atoms with Crippen LogP contribution in [0, 0.1) is 12.7 Å². The standard InChI is InChI=1S/C21H26FNO4/c1-13(2)23-12-20(15-4-6-16(22)7-5-15)19(14(23)3)9-8-17(24)10-18(25)11-21(26)27/h4-9,12-13,17-18,24-25H,10-11H2,1-3H3,(H,26,27)/b9-8+/t17-,18-/m1/s1. The molecule has 0 bridgehead atoms. The van der Waals surface area contributed by atoms with Crippen LogP contribution >= 0.6 is 0 Å². The van der Waals surface area contributed by atoms with Gasteiger partial charge in [0, 0.05) is 35.5 Å². The normalized spacial score (nSPS) is 14.0. The van der Waals surface area contributed by atoms with Crippen LogP contribution in [0.25, 0.3) is 17.2 Å². The Morgan fingerprint density at radius 2 is 1.85 bits per heavy atom. The maximum Gasteiger partial charge on any atom is 0.305 e. The number of aliphatic hydroxyl groups is 2. The molecule has 0 unspecified atom stereocenters. The third-order valence-electron chi connectivity index (χ3n) is 4.46. The first-order valence-electron chi connectivity index (χ1n) is 8.92. The van der Waals surface area contributed by atoms with Crippen molar-refractivity contribution in [2.75, 3.05) is 0 Å². The molecule has 0 saturated heterocycles. The second-order valence-corrected chi connectivity index (χ2v) is 6.96. The van der Waals surface area contributed by atoms with Gasteiger partial charge in [-0.05, 0) is 38.5 Å². The molecule has 0 aliphatic heterocycles. The van der Waals surface area contributed by atoms with E-state index in [4.69, 9.17) is 5.11 Å². The average Bonchev–Trinajstić information content (AvgIpc) is 2.89. The Morgan fingerprint density at radius 3 is 2.41 bits per heavy atom. The summed E-state index contributed by atoms with van der Waals surface area (Å²) in [7, 11) is 0. The van der Waals surface area contributed by atoms with Crippen LogP contribution < -0.4 is 0 Å². The fraction of sp³-hybridized carbons (Fsp3) is 0.381. The van der Waals surface area contributed by atoms with Gasteiger partial charge in [0.25, 0.3) is 0 Å². The van der Waals surface area contributed by atoms with E-state index in [-0.39, 0.29) is 18.3 Å². The zero-order valence-electron chi connectivity index (χ0n) is 15.8. The van der Waals surface area contributed by atoms with Gasteiger partial charge in [0.05, 0.1) is 18.6 Å². The minimum absolute atomic E-state index is 0.0569. The van der Waals surface area contributed by atoms with Gasteiger partial charge in [-0.3, -0.25) is 4.79 Å². The largest absolute Gasteiger partial charge is 0.481 e. The van der Waals surface area contributed by atoms with Crippen molar-refractivity contribution >= 4 is 12.0 Å². The van der Waals surface area contributed by atoms with Gasteiger partial charge in [-0.25, -0.2) is 4.39 Å². The highest BCUT2D eigenvalue weighted by atomic mass is 19.1. The smallest absolute Gasteiger partial charge is 0.305 e. The Kier molecular flexibility index (Phi) is 6.93. The summed E-state index contributed by atoms with van der Waals surface area (Å²) < 4.78 is 15.4. The van der Waals surface area contributed by atoms with E-state index >= 15 is 0 Å². The average molecular weight is 375 g/mol. The first kappa shape index (κ1) is 20.9. The molecule has 3 N–H and O–H groups in total. The van der Waals surface area contributed by atoms with Crippen LogP contribution in [0.15, 0.2) is 36.5 Å². The molecule has 6 heteroatoms. The summed E-state index contributed by atoms with van der Waals surface area (Å²) in [4.78, 5) is 10.6. The van der Waals surface area contributed by atoms with Crippen LogP contribution in [-0.2, 0) is 4.79 Å². The van der Waals surface area contributed by atoms with E-state index < -0.39 is 24.6 Å². The summed E-state index contributed by atoms with van der Waals surface area (Å²) in [5.41, 5.74) is 3.66. The molecule has 2 aromatic rings. The van der Waals surface area contributed by atoms with Crippen molar-refractivity contribution in [3.05, 3.63) is 53.6 Å². The molecule has 0 saturated carbocycles. The number of benzene rings is 1. The second kappa shape index (κ2) is 8.97. The lowest BCUT2D eigenvalue weighted by Gasteiger charge is -2.11. The van der Waals surface area contributed by atoms with Gasteiger partial charge in [-0.1, -0.05) is 24.3 Å². The van der Waals surface area contributed by atoms with Crippen LogP contribution in [0.4, 0.5) is 4.39 Å². The molecule has 0 spiro atoms. The number of aromatic nitrogens is 1. The summed E-state index contributed by atoms with van der Waals surface area (Å²) in [5.74, 6) is -1.42. The molecule has 5 nitrogen and oxygen atoms in total. The van der Waals surface area contributed by atoms with E-state index in [9.17, 15) is 19.4 Å². The van der Waals surface area contributed by atoms with Crippen molar-refractivity contribution in [3.8, 4) is 11.1 Å². The number of aliphatic carboxylic acids is 1. The summed E-state index contributed by atoms with van der Waals surface area (Å²) in [5, 5.41) is 28.5. The molecule has 0 radical (unpaired) electrons. The second-order valence-electron chi connectivity index (χ2n) is 6.96.